The molecule has 0 bridgehead atoms. The van der Waals surface area contributed by atoms with Crippen molar-refractivity contribution in [3.63, 3.8) is 0 Å². The van der Waals surface area contributed by atoms with Crippen LogP contribution in [0.4, 0.5) is 5.82 Å². The van der Waals surface area contributed by atoms with E-state index in [2.05, 4.69) is 16.8 Å². The van der Waals surface area contributed by atoms with Crippen molar-refractivity contribution in [2.75, 3.05) is 44.7 Å². The van der Waals surface area contributed by atoms with E-state index >= 15 is 0 Å². The van der Waals surface area contributed by atoms with E-state index in [4.69, 9.17) is 26.6 Å². The van der Waals surface area contributed by atoms with E-state index in [9.17, 15) is 5.11 Å². The number of fused-ring (bicyclic) bond motifs is 1. The predicted molar refractivity (Wildman–Crippen MR) is 117 cm³/mol. The van der Waals surface area contributed by atoms with Gasteiger partial charge in [-0.1, -0.05) is 23.7 Å². The number of rotatable bonds is 4. The lowest BCUT2D eigenvalue weighted by molar-refractivity contribution is 0.168. The molecule has 3 aromatic rings. The van der Waals surface area contributed by atoms with Gasteiger partial charge in [-0.2, -0.15) is 0 Å². The van der Waals surface area contributed by atoms with Crippen molar-refractivity contribution < 1.29 is 5.11 Å². The molecule has 0 unspecified atom stereocenters. The summed E-state index contributed by atoms with van der Waals surface area (Å²) in [6.07, 6.45) is 0. The summed E-state index contributed by atoms with van der Waals surface area (Å²) in [6, 6.07) is 7.64. The molecule has 1 aromatic carbocycles. The lowest BCUT2D eigenvalue weighted by atomic mass is 10.1. The highest BCUT2D eigenvalue weighted by atomic mass is 35.5. The smallest absolute Gasteiger partial charge is 0.166 e. The molecule has 1 saturated heterocycles. The summed E-state index contributed by atoms with van der Waals surface area (Å²) in [5.74, 6) is 2.23. The van der Waals surface area contributed by atoms with Crippen molar-refractivity contribution in [3.05, 3.63) is 35.1 Å². The number of aliphatic hydroxyl groups is 1. The lowest BCUT2D eigenvalue weighted by Gasteiger charge is -2.33. The molecule has 29 heavy (non-hydrogen) atoms. The Hall–Kier alpha value is -2.22. The van der Waals surface area contributed by atoms with Crippen LogP contribution in [0, 0.1) is 6.92 Å². The minimum Gasteiger partial charge on any atom is -0.394 e. The van der Waals surface area contributed by atoms with E-state index in [1.807, 2.05) is 49.6 Å². The number of benzene rings is 1. The average Bonchev–Trinajstić information content (AvgIpc) is 3.08. The van der Waals surface area contributed by atoms with E-state index < -0.39 is 5.54 Å². The summed E-state index contributed by atoms with van der Waals surface area (Å²) in [4.78, 5) is 19.1. The maximum absolute atomic E-state index is 10.1. The SMILES string of the molecule is Cc1nc(N2CCN(C)CC2)c2nc(-c3ccccc3Cl)n(C(C)(C)CO)c2n1. The molecule has 0 saturated carbocycles. The molecule has 0 atom stereocenters. The molecule has 3 heterocycles. The van der Waals surface area contributed by atoms with Crippen LogP contribution in [-0.4, -0.2) is 69.4 Å². The molecular formula is C21H27ClN6O. The third-order valence-corrected chi connectivity index (χ3v) is 5.84. The van der Waals surface area contributed by atoms with Gasteiger partial charge >= 0.3 is 0 Å². The molecule has 2 aromatic heterocycles. The van der Waals surface area contributed by atoms with E-state index in [1.165, 1.54) is 0 Å². The monoisotopic (exact) mass is 414 g/mol. The zero-order chi connectivity index (χ0) is 20.8. The van der Waals surface area contributed by atoms with E-state index in [1.54, 1.807) is 0 Å². The summed E-state index contributed by atoms with van der Waals surface area (Å²) in [5, 5.41) is 10.8. The summed E-state index contributed by atoms with van der Waals surface area (Å²) in [5.41, 5.74) is 1.68. The number of nitrogens with zero attached hydrogens (tertiary/aromatic N) is 6. The molecular weight excluding hydrogens is 388 g/mol. The fourth-order valence-electron chi connectivity index (χ4n) is 3.76. The minimum atomic E-state index is -0.608. The van der Waals surface area contributed by atoms with Crippen LogP contribution in [0.2, 0.25) is 5.02 Å². The van der Waals surface area contributed by atoms with Gasteiger partial charge in [0, 0.05) is 31.7 Å². The maximum atomic E-state index is 10.1. The Bertz CT molecular complexity index is 1040. The number of aliphatic hydroxyl groups excluding tert-OH is 1. The van der Waals surface area contributed by atoms with Gasteiger partial charge in [-0.25, -0.2) is 15.0 Å². The third-order valence-electron chi connectivity index (χ3n) is 5.51. The van der Waals surface area contributed by atoms with Gasteiger partial charge in [-0.3, -0.25) is 0 Å². The first-order valence-corrected chi connectivity index (χ1v) is 10.3. The van der Waals surface area contributed by atoms with Crippen LogP contribution >= 0.6 is 11.6 Å². The number of aromatic nitrogens is 4. The average molecular weight is 415 g/mol. The molecule has 0 radical (unpaired) electrons. The van der Waals surface area contributed by atoms with Crippen molar-refractivity contribution in [3.8, 4) is 11.4 Å². The van der Waals surface area contributed by atoms with Crippen molar-refractivity contribution in [1.29, 1.82) is 0 Å². The molecule has 0 amide bonds. The molecule has 4 rings (SSSR count). The topological polar surface area (TPSA) is 70.3 Å². The summed E-state index contributed by atoms with van der Waals surface area (Å²) < 4.78 is 2.00. The molecule has 1 aliphatic rings. The van der Waals surface area contributed by atoms with E-state index in [-0.39, 0.29) is 6.61 Å². The van der Waals surface area contributed by atoms with Crippen LogP contribution in [0.1, 0.15) is 19.7 Å². The number of halogens is 1. The van der Waals surface area contributed by atoms with Crippen LogP contribution in [0.3, 0.4) is 0 Å². The van der Waals surface area contributed by atoms with Crippen LogP contribution < -0.4 is 4.90 Å². The highest BCUT2D eigenvalue weighted by molar-refractivity contribution is 6.33. The second-order valence-corrected chi connectivity index (χ2v) is 8.69. The van der Waals surface area contributed by atoms with Crippen molar-refractivity contribution >= 4 is 28.6 Å². The standard InChI is InChI=1S/C21H27ClN6O/c1-14-23-19(27-11-9-26(4)10-12-27)17-20(24-14)28(21(2,3)13-29)18(25-17)15-7-5-6-8-16(15)22/h5-8,29H,9-13H2,1-4H3. The van der Waals surface area contributed by atoms with Gasteiger partial charge in [0.25, 0.3) is 0 Å². The van der Waals surface area contributed by atoms with Crippen LogP contribution in [0.15, 0.2) is 24.3 Å². The van der Waals surface area contributed by atoms with Crippen molar-refractivity contribution in [1.82, 2.24) is 24.4 Å². The van der Waals surface area contributed by atoms with Crippen LogP contribution in [0.25, 0.3) is 22.6 Å². The Kier molecular flexibility index (Phi) is 5.23. The van der Waals surface area contributed by atoms with Gasteiger partial charge < -0.3 is 19.5 Å². The number of anilines is 1. The molecule has 1 aliphatic heterocycles. The first-order chi connectivity index (χ1) is 13.8. The summed E-state index contributed by atoms with van der Waals surface area (Å²) in [7, 11) is 2.13. The highest BCUT2D eigenvalue weighted by Crippen LogP contribution is 2.36. The minimum absolute atomic E-state index is 0.0528. The van der Waals surface area contributed by atoms with Gasteiger partial charge in [0.05, 0.1) is 17.2 Å². The largest absolute Gasteiger partial charge is 0.394 e. The first-order valence-electron chi connectivity index (χ1n) is 9.88. The zero-order valence-corrected chi connectivity index (χ0v) is 18.1. The Morgan fingerprint density at radius 2 is 1.76 bits per heavy atom. The molecule has 8 heteroatoms. The molecule has 0 spiro atoms. The van der Waals surface area contributed by atoms with Crippen LogP contribution in [0.5, 0.6) is 0 Å². The molecule has 1 fully saturated rings. The van der Waals surface area contributed by atoms with Gasteiger partial charge in [-0.15, -0.1) is 0 Å². The van der Waals surface area contributed by atoms with Gasteiger partial charge in [0.15, 0.2) is 17.0 Å². The molecule has 154 valence electrons. The fourth-order valence-corrected chi connectivity index (χ4v) is 3.98. The van der Waals surface area contributed by atoms with Crippen molar-refractivity contribution in [2.45, 2.75) is 26.3 Å². The number of aryl methyl sites for hydroxylation is 1. The van der Waals surface area contributed by atoms with Gasteiger partial charge in [0.2, 0.25) is 0 Å². The Labute approximate surface area is 176 Å². The van der Waals surface area contributed by atoms with Gasteiger partial charge in [0.1, 0.15) is 11.6 Å². The Morgan fingerprint density at radius 3 is 2.41 bits per heavy atom. The number of likely N-dealkylation sites (N-methyl/N-ethyl adjacent to an activating group) is 1. The second-order valence-electron chi connectivity index (χ2n) is 8.28. The quantitative estimate of drug-likeness (QED) is 0.707. The first kappa shape index (κ1) is 20.1. The second kappa shape index (κ2) is 7.55. The van der Waals surface area contributed by atoms with Crippen LogP contribution in [-0.2, 0) is 5.54 Å². The molecule has 1 N–H and O–H groups in total. The molecule has 7 nitrogen and oxygen atoms in total. The number of piperazine rings is 1. The fraction of sp³-hybridized carbons (Fsp3) is 0.476. The third kappa shape index (κ3) is 3.58. The van der Waals surface area contributed by atoms with E-state index in [0.29, 0.717) is 16.7 Å². The lowest BCUT2D eigenvalue weighted by Crippen LogP contribution is -2.45. The number of hydrogen-bond acceptors (Lipinski definition) is 6. The highest BCUT2D eigenvalue weighted by Gasteiger charge is 2.30. The zero-order valence-electron chi connectivity index (χ0n) is 17.4. The Balaban J connectivity index is 2.00. The molecule has 0 aliphatic carbocycles. The van der Waals surface area contributed by atoms with Crippen molar-refractivity contribution in [2.24, 2.45) is 0 Å². The number of hydrogen-bond donors (Lipinski definition) is 1. The Morgan fingerprint density at radius 1 is 1.07 bits per heavy atom. The predicted octanol–water partition coefficient (Wildman–Crippen LogP) is 2.93. The summed E-state index contributed by atoms with van der Waals surface area (Å²) >= 11 is 6.52. The normalized spacial score (nSPS) is 16.0. The van der Waals surface area contributed by atoms with E-state index in [0.717, 1.165) is 48.7 Å². The summed E-state index contributed by atoms with van der Waals surface area (Å²) in [6.45, 7) is 9.53. The maximum Gasteiger partial charge on any atom is 0.166 e. The number of imidazole rings is 1. The van der Waals surface area contributed by atoms with Gasteiger partial charge in [-0.05, 0) is 40.0 Å².